The van der Waals surface area contributed by atoms with E-state index in [2.05, 4.69) is 6.07 Å². The van der Waals surface area contributed by atoms with Crippen molar-refractivity contribution in [1.29, 1.82) is 5.26 Å². The van der Waals surface area contributed by atoms with Gasteiger partial charge in [-0.25, -0.2) is 0 Å². The fourth-order valence-electron chi connectivity index (χ4n) is 3.31. The van der Waals surface area contributed by atoms with E-state index in [0.29, 0.717) is 18.3 Å². The molecule has 0 N–H and O–H groups in total. The van der Waals surface area contributed by atoms with Crippen molar-refractivity contribution < 1.29 is 14.3 Å². The van der Waals surface area contributed by atoms with Crippen molar-refractivity contribution in [2.75, 3.05) is 13.7 Å². The standard InChI is InChI=1S/C19H23NO3/c1-22-17-5-4-16(10-18(17)23-12-15-2-3-15)19(13-20)8-6-14(11-21)7-9-19/h4-5,10-11,14-15H,2-3,6-9,12H2,1H3/t14-,19-. The number of carbonyl (C=O) groups is 1. The predicted octanol–water partition coefficient (Wildman–Crippen LogP) is 3.63. The zero-order chi connectivity index (χ0) is 16.3. The molecule has 0 radical (unpaired) electrons. The van der Waals surface area contributed by atoms with E-state index in [-0.39, 0.29) is 5.92 Å². The molecule has 3 rings (SSSR count). The van der Waals surface area contributed by atoms with Crippen molar-refractivity contribution in [3.05, 3.63) is 23.8 Å². The molecule has 1 aromatic carbocycles. The van der Waals surface area contributed by atoms with E-state index in [1.807, 2.05) is 18.2 Å². The Balaban J connectivity index is 1.83. The Hall–Kier alpha value is -2.02. The highest BCUT2D eigenvalue weighted by molar-refractivity contribution is 5.54. The van der Waals surface area contributed by atoms with E-state index in [1.54, 1.807) is 7.11 Å². The number of nitrogens with zero attached hydrogens (tertiary/aromatic N) is 1. The van der Waals surface area contributed by atoms with Gasteiger partial charge in [0.25, 0.3) is 0 Å². The lowest BCUT2D eigenvalue weighted by Gasteiger charge is -2.33. The molecule has 2 aliphatic carbocycles. The molecular formula is C19H23NO3. The highest BCUT2D eigenvalue weighted by Gasteiger charge is 2.37. The van der Waals surface area contributed by atoms with Gasteiger partial charge in [-0.2, -0.15) is 5.26 Å². The molecule has 2 saturated carbocycles. The maximum atomic E-state index is 11.0. The monoisotopic (exact) mass is 313 g/mol. The average Bonchev–Trinajstić information content (AvgIpc) is 3.44. The van der Waals surface area contributed by atoms with Crippen molar-refractivity contribution in [2.45, 2.75) is 43.9 Å². The zero-order valence-electron chi connectivity index (χ0n) is 13.6. The van der Waals surface area contributed by atoms with Crippen molar-refractivity contribution >= 4 is 6.29 Å². The highest BCUT2D eigenvalue weighted by atomic mass is 16.5. The van der Waals surface area contributed by atoms with Crippen molar-refractivity contribution in [1.82, 2.24) is 0 Å². The minimum Gasteiger partial charge on any atom is -0.493 e. The Labute approximate surface area is 137 Å². The number of ether oxygens (including phenoxy) is 2. The largest absolute Gasteiger partial charge is 0.493 e. The number of benzene rings is 1. The molecule has 122 valence electrons. The molecular weight excluding hydrogens is 290 g/mol. The van der Waals surface area contributed by atoms with Gasteiger partial charge < -0.3 is 14.3 Å². The van der Waals surface area contributed by atoms with Crippen LogP contribution in [0, 0.1) is 23.2 Å². The number of hydrogen-bond donors (Lipinski definition) is 0. The molecule has 4 nitrogen and oxygen atoms in total. The van der Waals surface area contributed by atoms with E-state index in [1.165, 1.54) is 12.8 Å². The molecule has 0 spiro atoms. The van der Waals surface area contributed by atoms with Crippen LogP contribution in [0.15, 0.2) is 18.2 Å². The van der Waals surface area contributed by atoms with Crippen LogP contribution in [-0.4, -0.2) is 20.0 Å². The van der Waals surface area contributed by atoms with Crippen LogP contribution in [-0.2, 0) is 10.2 Å². The van der Waals surface area contributed by atoms with E-state index in [9.17, 15) is 10.1 Å². The van der Waals surface area contributed by atoms with Crippen LogP contribution < -0.4 is 9.47 Å². The maximum absolute atomic E-state index is 11.0. The molecule has 4 heteroatoms. The second kappa shape index (κ2) is 6.62. The molecule has 0 amide bonds. The first kappa shape index (κ1) is 15.9. The third kappa shape index (κ3) is 3.34. The first-order chi connectivity index (χ1) is 11.2. The van der Waals surface area contributed by atoms with Crippen molar-refractivity contribution in [3.8, 4) is 17.6 Å². The van der Waals surface area contributed by atoms with Gasteiger partial charge in [0.15, 0.2) is 11.5 Å². The number of carbonyl (C=O) groups excluding carboxylic acids is 1. The topological polar surface area (TPSA) is 59.3 Å². The Morgan fingerprint density at radius 2 is 2.00 bits per heavy atom. The summed E-state index contributed by atoms with van der Waals surface area (Å²) >= 11 is 0. The van der Waals surface area contributed by atoms with E-state index >= 15 is 0 Å². The lowest BCUT2D eigenvalue weighted by Crippen LogP contribution is -2.30. The maximum Gasteiger partial charge on any atom is 0.161 e. The van der Waals surface area contributed by atoms with Crippen LogP contribution in [0.5, 0.6) is 11.5 Å². The van der Waals surface area contributed by atoms with Crippen LogP contribution in [0.3, 0.4) is 0 Å². The minimum absolute atomic E-state index is 0.0975. The summed E-state index contributed by atoms with van der Waals surface area (Å²) in [4.78, 5) is 11.0. The molecule has 0 bridgehead atoms. The minimum atomic E-state index is -0.510. The third-order valence-electron chi connectivity index (χ3n) is 5.18. The molecule has 0 aliphatic heterocycles. The van der Waals surface area contributed by atoms with Crippen LogP contribution in [0.2, 0.25) is 0 Å². The summed E-state index contributed by atoms with van der Waals surface area (Å²) in [5.41, 5.74) is 0.472. The van der Waals surface area contributed by atoms with Gasteiger partial charge >= 0.3 is 0 Å². The van der Waals surface area contributed by atoms with Crippen molar-refractivity contribution in [2.24, 2.45) is 11.8 Å². The number of nitriles is 1. The second-order valence-electron chi connectivity index (χ2n) is 6.79. The molecule has 0 unspecified atom stereocenters. The Morgan fingerprint density at radius 3 is 2.57 bits per heavy atom. The third-order valence-corrected chi connectivity index (χ3v) is 5.18. The van der Waals surface area contributed by atoms with Gasteiger partial charge in [-0.1, -0.05) is 6.07 Å². The number of aldehydes is 1. The van der Waals surface area contributed by atoms with Crippen LogP contribution in [0.25, 0.3) is 0 Å². The van der Waals surface area contributed by atoms with E-state index < -0.39 is 5.41 Å². The van der Waals surface area contributed by atoms with Gasteiger partial charge in [0, 0.05) is 5.92 Å². The summed E-state index contributed by atoms with van der Waals surface area (Å²) < 4.78 is 11.3. The Bertz CT molecular complexity index is 608. The summed E-state index contributed by atoms with van der Waals surface area (Å²) in [6.45, 7) is 0.715. The molecule has 0 atom stereocenters. The fourth-order valence-corrected chi connectivity index (χ4v) is 3.31. The molecule has 0 heterocycles. The number of rotatable bonds is 6. The highest BCUT2D eigenvalue weighted by Crippen LogP contribution is 2.43. The van der Waals surface area contributed by atoms with Gasteiger partial charge in [-0.15, -0.1) is 0 Å². The summed E-state index contributed by atoms with van der Waals surface area (Å²) in [5, 5.41) is 9.79. The molecule has 2 fully saturated rings. The smallest absolute Gasteiger partial charge is 0.161 e. The SMILES string of the molecule is COc1ccc([C@]2(C#N)CC[C@@H](C=O)CC2)cc1OCC1CC1. The normalized spacial score (nSPS) is 27.0. The average molecular weight is 313 g/mol. The van der Waals surface area contributed by atoms with Gasteiger partial charge in [-0.05, 0) is 62.1 Å². The Morgan fingerprint density at radius 1 is 1.26 bits per heavy atom. The van der Waals surface area contributed by atoms with Crippen LogP contribution in [0.4, 0.5) is 0 Å². The summed E-state index contributed by atoms with van der Waals surface area (Å²) in [7, 11) is 1.63. The van der Waals surface area contributed by atoms with Gasteiger partial charge in [0.1, 0.15) is 6.29 Å². The molecule has 23 heavy (non-hydrogen) atoms. The van der Waals surface area contributed by atoms with E-state index in [0.717, 1.165) is 43.3 Å². The summed E-state index contributed by atoms with van der Waals surface area (Å²) in [6.07, 6.45) is 6.50. The van der Waals surface area contributed by atoms with Crippen LogP contribution >= 0.6 is 0 Å². The quantitative estimate of drug-likeness (QED) is 0.752. The van der Waals surface area contributed by atoms with E-state index in [4.69, 9.17) is 9.47 Å². The Kier molecular flexibility index (Phi) is 4.56. The fraction of sp³-hybridized carbons (Fsp3) is 0.579. The van der Waals surface area contributed by atoms with Gasteiger partial charge in [-0.3, -0.25) is 0 Å². The van der Waals surface area contributed by atoms with Crippen LogP contribution in [0.1, 0.15) is 44.1 Å². The number of hydrogen-bond acceptors (Lipinski definition) is 4. The molecule has 1 aromatic rings. The molecule has 0 aromatic heterocycles. The first-order valence-corrected chi connectivity index (χ1v) is 8.38. The first-order valence-electron chi connectivity index (χ1n) is 8.38. The predicted molar refractivity (Wildman–Crippen MR) is 86.5 cm³/mol. The summed E-state index contributed by atoms with van der Waals surface area (Å²) in [6, 6.07) is 8.33. The van der Waals surface area contributed by atoms with Crippen molar-refractivity contribution in [3.63, 3.8) is 0 Å². The van der Waals surface area contributed by atoms with Gasteiger partial charge in [0.05, 0.1) is 25.2 Å². The molecule has 0 saturated heterocycles. The lowest BCUT2D eigenvalue weighted by atomic mass is 9.68. The number of methoxy groups -OCH3 is 1. The summed E-state index contributed by atoms with van der Waals surface area (Å²) in [5.74, 6) is 2.20. The van der Waals surface area contributed by atoms with Gasteiger partial charge in [0.2, 0.25) is 0 Å². The lowest BCUT2D eigenvalue weighted by molar-refractivity contribution is -0.112. The zero-order valence-corrected chi connectivity index (χ0v) is 13.6. The molecule has 2 aliphatic rings. The second-order valence-corrected chi connectivity index (χ2v) is 6.79.